The number of rotatable bonds is 9. The van der Waals surface area contributed by atoms with Crippen LogP contribution in [0.4, 0.5) is 4.39 Å². The Morgan fingerprint density at radius 2 is 1.90 bits per heavy atom. The van der Waals surface area contributed by atoms with Gasteiger partial charge in [0.1, 0.15) is 5.82 Å². The number of halogens is 1. The van der Waals surface area contributed by atoms with E-state index in [4.69, 9.17) is 0 Å². The molecule has 1 saturated carbocycles. The van der Waals surface area contributed by atoms with Crippen LogP contribution in [0, 0.1) is 11.7 Å². The molecule has 6 heteroatoms. The molecule has 3 rings (SSSR count). The number of hydrogen-bond donors (Lipinski definition) is 2. The Labute approximate surface area is 184 Å². The molecule has 5 nitrogen and oxygen atoms in total. The molecule has 31 heavy (non-hydrogen) atoms. The molecule has 2 amide bonds. The fraction of sp³-hybridized carbons (Fsp3) is 0.440. The lowest BCUT2D eigenvalue weighted by atomic mass is 9.90. The highest BCUT2D eigenvalue weighted by Gasteiger charge is 2.57. The number of nitrogens with one attached hydrogen (secondary N) is 2. The van der Waals surface area contributed by atoms with Crippen LogP contribution in [0.2, 0.25) is 0 Å². The molecule has 0 radical (unpaired) electrons. The normalized spacial score (nSPS) is 20.9. The molecular weight excluding hydrogens is 393 g/mol. The van der Waals surface area contributed by atoms with E-state index in [2.05, 4.69) is 29.7 Å². The van der Waals surface area contributed by atoms with Crippen molar-refractivity contribution in [2.75, 3.05) is 27.7 Å². The summed E-state index contributed by atoms with van der Waals surface area (Å²) in [4.78, 5) is 26.6. The third kappa shape index (κ3) is 4.96. The zero-order valence-electron chi connectivity index (χ0n) is 18.7. The van der Waals surface area contributed by atoms with Gasteiger partial charge in [-0.25, -0.2) is 4.39 Å². The molecule has 2 aromatic carbocycles. The van der Waals surface area contributed by atoms with Gasteiger partial charge in [-0.1, -0.05) is 43.3 Å². The van der Waals surface area contributed by atoms with E-state index in [0.717, 1.165) is 18.4 Å². The number of nitrogens with zero attached hydrogens (tertiary/aromatic N) is 1. The fourth-order valence-electron chi connectivity index (χ4n) is 4.39. The van der Waals surface area contributed by atoms with Crippen molar-refractivity contribution in [2.24, 2.45) is 5.92 Å². The molecule has 0 saturated heterocycles. The lowest BCUT2D eigenvalue weighted by Crippen LogP contribution is -2.42. The lowest BCUT2D eigenvalue weighted by molar-refractivity contribution is -0.123. The van der Waals surface area contributed by atoms with E-state index < -0.39 is 11.7 Å². The standard InChI is InChI=1S/C25H32FN3O2/c1-5-25(18-9-7-6-8-10-18)15-21(25)24(31)28-16-19(29(3)4)13-17-11-12-20(22(26)14-17)23(30)27-2/h6-12,14,19,21H,5,13,15-16H2,1-4H3,(H,27,30)(H,28,31)/t19?,21-,25-/m0/s1. The van der Waals surface area contributed by atoms with Gasteiger partial charge < -0.3 is 15.5 Å². The van der Waals surface area contributed by atoms with Gasteiger partial charge in [-0.2, -0.15) is 0 Å². The van der Waals surface area contributed by atoms with Crippen LogP contribution in [-0.2, 0) is 16.6 Å². The SMILES string of the molecule is CC[C@@]1(c2ccccc2)C[C@H]1C(=O)NCC(Cc1ccc(C(=O)NC)c(F)c1)N(C)C. The Morgan fingerprint density at radius 1 is 1.19 bits per heavy atom. The quantitative estimate of drug-likeness (QED) is 0.649. The summed E-state index contributed by atoms with van der Waals surface area (Å²) in [5.41, 5.74) is 1.99. The Bertz CT molecular complexity index is 932. The number of benzene rings is 2. The van der Waals surface area contributed by atoms with E-state index in [1.54, 1.807) is 6.07 Å². The molecule has 1 aliphatic rings. The van der Waals surface area contributed by atoms with Gasteiger partial charge in [0.05, 0.1) is 5.56 Å². The lowest BCUT2D eigenvalue weighted by Gasteiger charge is -2.25. The fourth-order valence-corrected chi connectivity index (χ4v) is 4.39. The van der Waals surface area contributed by atoms with Gasteiger partial charge in [-0.05, 0) is 56.6 Å². The van der Waals surface area contributed by atoms with Crippen LogP contribution in [0.25, 0.3) is 0 Å². The maximum atomic E-state index is 14.3. The number of likely N-dealkylation sites (N-methyl/N-ethyl adjacent to an activating group) is 1. The van der Waals surface area contributed by atoms with Crippen LogP contribution in [0.5, 0.6) is 0 Å². The first-order valence-electron chi connectivity index (χ1n) is 10.8. The zero-order valence-corrected chi connectivity index (χ0v) is 18.7. The molecule has 0 aromatic heterocycles. The minimum Gasteiger partial charge on any atom is -0.355 e. The van der Waals surface area contributed by atoms with Crippen molar-refractivity contribution < 1.29 is 14.0 Å². The van der Waals surface area contributed by atoms with E-state index in [1.807, 2.05) is 37.2 Å². The van der Waals surface area contributed by atoms with Crippen molar-refractivity contribution in [2.45, 2.75) is 37.6 Å². The molecular formula is C25H32FN3O2. The Kier molecular flexibility index (Phi) is 7.11. The second kappa shape index (κ2) is 9.60. The number of carbonyl (C=O) groups excluding carboxylic acids is 2. The molecule has 2 aromatic rings. The number of amides is 2. The molecule has 166 valence electrons. The van der Waals surface area contributed by atoms with Crippen molar-refractivity contribution >= 4 is 11.8 Å². The molecule has 2 N–H and O–H groups in total. The summed E-state index contributed by atoms with van der Waals surface area (Å²) in [6.45, 7) is 2.62. The van der Waals surface area contributed by atoms with Crippen molar-refractivity contribution in [3.8, 4) is 0 Å². The minimum absolute atomic E-state index is 0.00741. The van der Waals surface area contributed by atoms with Crippen molar-refractivity contribution in [1.29, 1.82) is 0 Å². The van der Waals surface area contributed by atoms with Crippen LogP contribution >= 0.6 is 0 Å². The van der Waals surface area contributed by atoms with Gasteiger partial charge in [0, 0.05) is 31.0 Å². The first-order chi connectivity index (χ1) is 14.8. The molecule has 1 aliphatic carbocycles. The maximum Gasteiger partial charge on any atom is 0.253 e. The highest BCUT2D eigenvalue weighted by atomic mass is 19.1. The summed E-state index contributed by atoms with van der Waals surface area (Å²) in [7, 11) is 5.37. The Hall–Kier alpha value is -2.73. The van der Waals surface area contributed by atoms with Gasteiger partial charge in [0.15, 0.2) is 0 Å². The third-order valence-corrected chi connectivity index (χ3v) is 6.59. The van der Waals surface area contributed by atoms with Gasteiger partial charge in [-0.3, -0.25) is 9.59 Å². The Balaban J connectivity index is 1.62. The monoisotopic (exact) mass is 425 g/mol. The molecule has 3 atom stereocenters. The average Bonchev–Trinajstić information content (AvgIpc) is 3.52. The smallest absolute Gasteiger partial charge is 0.253 e. The maximum absolute atomic E-state index is 14.3. The van der Waals surface area contributed by atoms with Crippen molar-refractivity contribution in [3.63, 3.8) is 0 Å². The summed E-state index contributed by atoms with van der Waals surface area (Å²) < 4.78 is 14.3. The Morgan fingerprint density at radius 3 is 2.48 bits per heavy atom. The van der Waals surface area contributed by atoms with E-state index >= 15 is 0 Å². The average molecular weight is 426 g/mol. The highest BCUT2D eigenvalue weighted by Crippen LogP contribution is 2.56. The van der Waals surface area contributed by atoms with Crippen molar-refractivity contribution in [3.05, 3.63) is 71.0 Å². The van der Waals surface area contributed by atoms with Gasteiger partial charge >= 0.3 is 0 Å². The molecule has 1 fully saturated rings. The summed E-state index contributed by atoms with van der Waals surface area (Å²) >= 11 is 0. The van der Waals surface area contributed by atoms with Crippen LogP contribution in [0.3, 0.4) is 0 Å². The predicted octanol–water partition coefficient (Wildman–Crippen LogP) is 3.14. The first-order valence-corrected chi connectivity index (χ1v) is 10.8. The van der Waals surface area contributed by atoms with E-state index in [1.165, 1.54) is 24.7 Å². The van der Waals surface area contributed by atoms with E-state index in [0.29, 0.717) is 13.0 Å². The largest absolute Gasteiger partial charge is 0.355 e. The molecule has 0 bridgehead atoms. The number of carbonyl (C=O) groups is 2. The predicted molar refractivity (Wildman–Crippen MR) is 120 cm³/mol. The van der Waals surface area contributed by atoms with Crippen LogP contribution in [-0.4, -0.2) is 50.4 Å². The summed E-state index contributed by atoms with van der Waals surface area (Å²) in [6.07, 6.45) is 2.38. The summed E-state index contributed by atoms with van der Waals surface area (Å²) in [5, 5.41) is 5.56. The molecule has 0 heterocycles. The molecule has 0 aliphatic heterocycles. The van der Waals surface area contributed by atoms with Crippen molar-refractivity contribution in [1.82, 2.24) is 15.5 Å². The van der Waals surface area contributed by atoms with Gasteiger partial charge in [0.2, 0.25) is 5.91 Å². The first kappa shape index (κ1) is 22.9. The topological polar surface area (TPSA) is 61.4 Å². The minimum atomic E-state index is -0.535. The third-order valence-electron chi connectivity index (χ3n) is 6.59. The van der Waals surface area contributed by atoms with Crippen LogP contribution < -0.4 is 10.6 Å². The summed E-state index contributed by atoms with van der Waals surface area (Å²) in [5.74, 6) is -0.902. The second-order valence-corrected chi connectivity index (χ2v) is 8.59. The highest BCUT2D eigenvalue weighted by molar-refractivity contribution is 5.94. The zero-order chi connectivity index (χ0) is 22.6. The molecule has 0 spiro atoms. The number of hydrogen-bond acceptors (Lipinski definition) is 3. The van der Waals surface area contributed by atoms with Gasteiger partial charge in [-0.15, -0.1) is 0 Å². The summed E-state index contributed by atoms with van der Waals surface area (Å²) in [6, 6.07) is 15.0. The second-order valence-electron chi connectivity index (χ2n) is 8.59. The van der Waals surface area contributed by atoms with Gasteiger partial charge in [0.25, 0.3) is 5.91 Å². The molecule has 1 unspecified atom stereocenters. The van der Waals surface area contributed by atoms with Crippen LogP contribution in [0.15, 0.2) is 48.5 Å². The van der Waals surface area contributed by atoms with E-state index in [9.17, 15) is 14.0 Å². The van der Waals surface area contributed by atoms with Crippen LogP contribution in [0.1, 0.15) is 41.3 Å². The van der Waals surface area contributed by atoms with E-state index in [-0.39, 0.29) is 28.8 Å².